The first-order valence-electron chi connectivity index (χ1n) is 42.2. The van der Waals surface area contributed by atoms with E-state index in [0.717, 1.165) is 105 Å². The van der Waals surface area contributed by atoms with E-state index in [-0.39, 0.29) is 52.3 Å². The summed E-state index contributed by atoms with van der Waals surface area (Å²) in [6, 6.07) is 66.5. The second-order valence-corrected chi connectivity index (χ2v) is 31.6. The van der Waals surface area contributed by atoms with E-state index in [1.807, 2.05) is 212 Å². The van der Waals surface area contributed by atoms with E-state index in [2.05, 4.69) is 26.1 Å². The molecule has 15 heteroatoms. The number of carbonyl (C=O) groups excluding carboxylic acids is 3. The van der Waals surface area contributed by atoms with E-state index in [1.165, 1.54) is 103 Å². The fourth-order valence-electron chi connectivity index (χ4n) is 14.6. The van der Waals surface area contributed by atoms with Crippen LogP contribution in [0.4, 0.5) is 0 Å². The molecule has 1 saturated heterocycles. The van der Waals surface area contributed by atoms with E-state index in [4.69, 9.17) is 42.0 Å². The van der Waals surface area contributed by atoms with Crippen LogP contribution in [0.3, 0.4) is 0 Å². The third-order valence-electron chi connectivity index (χ3n) is 20.9. The van der Waals surface area contributed by atoms with Gasteiger partial charge in [0, 0.05) is 6.42 Å². The Morgan fingerprint density at radius 3 is 1.10 bits per heavy atom. The summed E-state index contributed by atoms with van der Waals surface area (Å²) in [6.07, 6.45) is 25.5. The Morgan fingerprint density at radius 2 is 0.718 bits per heavy atom. The predicted octanol–water partition coefficient (Wildman–Crippen LogP) is 24.1. The molecule has 0 radical (unpaired) electrons. The zero-order valence-electron chi connectivity index (χ0n) is 66.6. The van der Waals surface area contributed by atoms with Gasteiger partial charge in [-0.25, -0.2) is 4.57 Å². The van der Waals surface area contributed by atoms with Crippen molar-refractivity contribution in [2.75, 3.05) is 6.61 Å². The molecule has 110 heavy (non-hydrogen) atoms. The number of hydrogen-bond acceptors (Lipinski definition) is 13. The highest BCUT2D eigenvalue weighted by atomic mass is 31.2. The number of esters is 2. The lowest BCUT2D eigenvalue weighted by molar-refractivity contribution is -0.267. The van der Waals surface area contributed by atoms with Crippen molar-refractivity contribution in [2.24, 2.45) is 0 Å². The molecule has 7 atom stereocenters. The second kappa shape index (κ2) is 53.0. The molecule has 598 valence electrons. The first-order valence-corrected chi connectivity index (χ1v) is 43.6. The standard InChI is InChI=1S/C95H130NO13P/c1-4-7-10-13-16-19-20-23-26-29-53-70-89(98)107-92-87(77-103-95(82-62-45-34-46-63-82,83-64-47-35-48-65-83)84-66-49-36-50-67-84)106-94(109-110(100,104-75-80-58-41-32-42-59-80)105-76-81-60-43-33-44-61-81)91(96-88(97)71-85(101-73-78-54-37-30-38-55-78)68-51-27-24-21-17-14-11-8-5-2)93(92)108-90(99)72-86(102-74-79-56-39-31-40-57-79)69-52-28-25-22-18-15-12-9-6-3/h30-50,54-67,85-87,91-94H,4-29,51-53,68-77H2,1-3H3,(H,96,97)/t85-,86-,87-,91-,92-,93-,94-/m1/s1. The number of phosphoric ester groups is 1. The summed E-state index contributed by atoms with van der Waals surface area (Å²) in [6.45, 7) is 6.45. The number of phosphoric acid groups is 1. The molecular weight excluding hydrogens is 1390 g/mol. The molecule has 1 heterocycles. The van der Waals surface area contributed by atoms with E-state index < -0.39 is 74.1 Å². The van der Waals surface area contributed by atoms with Crippen molar-refractivity contribution < 1.29 is 60.9 Å². The Balaban J connectivity index is 1.23. The lowest BCUT2D eigenvalue weighted by atomic mass is 9.80. The molecule has 8 rings (SSSR count). The van der Waals surface area contributed by atoms with Gasteiger partial charge in [-0.1, -0.05) is 413 Å². The number of nitrogens with one attached hydrogen (secondary N) is 1. The molecule has 1 N–H and O–H groups in total. The number of amides is 1. The van der Waals surface area contributed by atoms with Crippen molar-refractivity contribution in [1.82, 2.24) is 5.32 Å². The van der Waals surface area contributed by atoms with Gasteiger partial charge in [-0.05, 0) is 58.2 Å². The minimum Gasteiger partial charge on any atom is -0.456 e. The van der Waals surface area contributed by atoms with Crippen molar-refractivity contribution in [3.63, 3.8) is 0 Å². The van der Waals surface area contributed by atoms with Crippen LogP contribution in [-0.4, -0.2) is 67.3 Å². The SMILES string of the molecule is CCCCCCCCCCCCCC(=O)O[C@H]1[C@H](OC(=O)C[C@@H](CCCCCCCCCCC)OCc2ccccc2)[C@@H](NC(=O)C[C@@H](CCCCCCCCCCC)OCc2ccccc2)[C@@H](OP(=O)(OCc2ccccc2)OCc2ccccc2)O[C@@H]1COC(c1ccccc1)(c1ccccc1)c1ccccc1. The molecule has 1 fully saturated rings. The lowest BCUT2D eigenvalue weighted by Crippen LogP contribution is -2.67. The molecule has 7 aromatic rings. The molecule has 1 aliphatic rings. The molecule has 0 saturated carbocycles. The van der Waals surface area contributed by atoms with Crippen LogP contribution in [0.1, 0.15) is 278 Å². The number of carbonyl (C=O) groups is 3. The molecule has 1 amide bonds. The number of unbranched alkanes of at least 4 members (excludes halogenated alkanes) is 26. The third-order valence-corrected chi connectivity index (χ3v) is 22.3. The predicted molar refractivity (Wildman–Crippen MR) is 441 cm³/mol. The summed E-state index contributed by atoms with van der Waals surface area (Å²) in [7, 11) is -4.87. The van der Waals surface area contributed by atoms with Crippen LogP contribution in [-0.2, 0) is 93.0 Å². The molecule has 0 spiro atoms. The van der Waals surface area contributed by atoms with E-state index in [0.29, 0.717) is 30.4 Å². The van der Waals surface area contributed by atoms with Gasteiger partial charge in [-0.15, -0.1) is 0 Å². The third kappa shape index (κ3) is 32.9. The molecule has 1 aliphatic heterocycles. The molecule has 14 nitrogen and oxygen atoms in total. The molecular formula is C95H130NO13P. The zero-order valence-corrected chi connectivity index (χ0v) is 67.5. The van der Waals surface area contributed by atoms with Gasteiger partial charge in [0.05, 0.1) is 58.1 Å². The van der Waals surface area contributed by atoms with Crippen LogP contribution in [0, 0.1) is 0 Å². The summed E-state index contributed by atoms with van der Waals surface area (Å²) in [5, 5.41) is 3.25. The van der Waals surface area contributed by atoms with Crippen molar-refractivity contribution in [3.05, 3.63) is 251 Å². The maximum Gasteiger partial charge on any atom is 0.477 e. The maximum atomic E-state index is 16.2. The lowest BCUT2D eigenvalue weighted by Gasteiger charge is -2.46. The number of rotatable bonds is 59. The second-order valence-electron chi connectivity index (χ2n) is 30.0. The highest BCUT2D eigenvalue weighted by molar-refractivity contribution is 7.48. The molecule has 0 bridgehead atoms. The number of benzene rings is 7. The van der Waals surface area contributed by atoms with Gasteiger partial charge in [-0.2, -0.15) is 0 Å². The van der Waals surface area contributed by atoms with Gasteiger partial charge in [-0.3, -0.25) is 28.0 Å². The van der Waals surface area contributed by atoms with E-state index in [9.17, 15) is 0 Å². The summed E-state index contributed by atoms with van der Waals surface area (Å²) in [4.78, 5) is 46.8. The van der Waals surface area contributed by atoms with Crippen LogP contribution in [0.15, 0.2) is 212 Å². The summed E-state index contributed by atoms with van der Waals surface area (Å²) in [5.41, 5.74) is 4.27. The van der Waals surface area contributed by atoms with Crippen molar-refractivity contribution >= 4 is 25.7 Å². The largest absolute Gasteiger partial charge is 0.477 e. The van der Waals surface area contributed by atoms with Crippen LogP contribution >= 0.6 is 7.82 Å². The van der Waals surface area contributed by atoms with Crippen molar-refractivity contribution in [2.45, 2.75) is 314 Å². The van der Waals surface area contributed by atoms with Gasteiger partial charge in [0.2, 0.25) is 5.91 Å². The quantitative estimate of drug-likeness (QED) is 0.0166. The highest BCUT2D eigenvalue weighted by Crippen LogP contribution is 2.54. The summed E-state index contributed by atoms with van der Waals surface area (Å²) in [5.74, 6) is -1.74. The fraction of sp³-hybridized carbons (Fsp3) is 0.526. The minimum atomic E-state index is -4.87. The molecule has 7 aromatic carbocycles. The van der Waals surface area contributed by atoms with Crippen LogP contribution < -0.4 is 5.32 Å². The van der Waals surface area contributed by atoms with Gasteiger partial charge in [0.1, 0.15) is 17.7 Å². The van der Waals surface area contributed by atoms with Gasteiger partial charge >= 0.3 is 19.8 Å². The summed E-state index contributed by atoms with van der Waals surface area (Å²) >= 11 is 0. The Hall–Kier alpha value is -7.10. The zero-order chi connectivity index (χ0) is 77.2. The smallest absolute Gasteiger partial charge is 0.456 e. The Bertz CT molecular complexity index is 3420. The normalized spacial score (nSPS) is 16.4. The first-order chi connectivity index (χ1) is 54.1. The number of hydrogen-bond donors (Lipinski definition) is 1. The average Bonchev–Trinajstić information content (AvgIpc) is 0.753. The summed E-state index contributed by atoms with van der Waals surface area (Å²) < 4.78 is 78.4. The van der Waals surface area contributed by atoms with Crippen LogP contribution in [0.2, 0.25) is 0 Å². The monoisotopic (exact) mass is 1520 g/mol. The Kier molecular flexibility index (Phi) is 42.6. The van der Waals surface area contributed by atoms with Gasteiger partial charge in [0.15, 0.2) is 18.5 Å². The van der Waals surface area contributed by atoms with E-state index in [1.54, 1.807) is 0 Å². The first kappa shape index (κ1) is 88.5. The highest BCUT2D eigenvalue weighted by Gasteiger charge is 2.55. The van der Waals surface area contributed by atoms with Gasteiger partial charge in [0.25, 0.3) is 0 Å². The average molecular weight is 1530 g/mol. The van der Waals surface area contributed by atoms with Crippen LogP contribution in [0.5, 0.6) is 0 Å². The molecule has 0 aliphatic carbocycles. The van der Waals surface area contributed by atoms with Crippen molar-refractivity contribution in [3.8, 4) is 0 Å². The maximum absolute atomic E-state index is 16.2. The minimum absolute atomic E-state index is 0.0456. The topological polar surface area (TPSA) is 163 Å². The van der Waals surface area contributed by atoms with Gasteiger partial charge < -0.3 is 33.7 Å². The van der Waals surface area contributed by atoms with E-state index >= 15 is 18.9 Å². The Labute approximate surface area is 660 Å². The Morgan fingerprint density at radius 1 is 0.391 bits per heavy atom. The van der Waals surface area contributed by atoms with Crippen LogP contribution in [0.25, 0.3) is 0 Å². The number of ether oxygens (including phenoxy) is 6. The van der Waals surface area contributed by atoms with Crippen molar-refractivity contribution in [1.29, 1.82) is 0 Å². The molecule has 0 aromatic heterocycles. The molecule has 0 unspecified atom stereocenters. The fourth-order valence-corrected chi connectivity index (χ4v) is 15.9.